The van der Waals surface area contributed by atoms with Crippen molar-refractivity contribution in [3.05, 3.63) is 75.5 Å². The smallest absolute Gasteiger partial charge is 0.319 e. The van der Waals surface area contributed by atoms with Gasteiger partial charge in [0.15, 0.2) is 0 Å². The monoisotopic (exact) mass is 506 g/mol. The average Bonchev–Trinajstić information content (AvgIpc) is 3.14. The maximum atomic E-state index is 14.0. The number of carbonyl (C=O) groups excluding carboxylic acids is 2. The number of aromatic nitrogens is 1. The predicted octanol–water partition coefficient (Wildman–Crippen LogP) is 4.48. The van der Waals surface area contributed by atoms with Crippen LogP contribution in [0, 0.1) is 5.82 Å². The number of hydrogen-bond donors (Lipinski definition) is 3. The van der Waals surface area contributed by atoms with Crippen LogP contribution in [0.15, 0.2) is 53.0 Å². The zero-order valence-corrected chi connectivity index (χ0v) is 18.8. The van der Waals surface area contributed by atoms with Crippen LogP contribution in [0.5, 0.6) is 5.88 Å². The van der Waals surface area contributed by atoms with Crippen molar-refractivity contribution in [2.24, 2.45) is 5.73 Å². The topological polar surface area (TPSA) is 106 Å². The van der Waals surface area contributed by atoms with E-state index in [-0.39, 0.29) is 28.6 Å². The Morgan fingerprint density at radius 2 is 1.97 bits per heavy atom. The molecule has 2 aromatic carbocycles. The Balaban J connectivity index is 1.55. The number of anilines is 1. The fraction of sp³-hybridized carbons (Fsp3) is 0.190. The van der Waals surface area contributed by atoms with Crippen LogP contribution in [0.2, 0.25) is 0 Å². The van der Waals surface area contributed by atoms with Gasteiger partial charge in [0.1, 0.15) is 23.0 Å². The average molecular weight is 507 g/mol. The number of benzene rings is 2. The summed E-state index contributed by atoms with van der Waals surface area (Å²) in [6.07, 6.45) is 1.59. The molecule has 0 spiro atoms. The maximum Gasteiger partial charge on any atom is 0.319 e. The SMILES string of the molecule is NC(=O)c1c(OCc2ccc(Br)cc2F)nsc1NC(=O)NCCCc1ccccc1. The molecular weight excluding hydrogens is 487 g/mol. The van der Waals surface area contributed by atoms with E-state index >= 15 is 0 Å². The Morgan fingerprint density at radius 1 is 1.19 bits per heavy atom. The molecular formula is C21H20BrFN4O3S. The molecule has 31 heavy (non-hydrogen) atoms. The number of amides is 3. The van der Waals surface area contributed by atoms with Crippen molar-refractivity contribution in [1.82, 2.24) is 9.69 Å². The Bertz CT molecular complexity index is 1060. The summed E-state index contributed by atoms with van der Waals surface area (Å²) < 4.78 is 24.1. The summed E-state index contributed by atoms with van der Waals surface area (Å²) in [7, 11) is 0. The van der Waals surface area contributed by atoms with Crippen molar-refractivity contribution in [1.29, 1.82) is 0 Å². The number of halogens is 2. The number of carbonyl (C=O) groups is 2. The molecule has 0 unspecified atom stereocenters. The summed E-state index contributed by atoms with van der Waals surface area (Å²) >= 11 is 4.05. The van der Waals surface area contributed by atoms with Crippen LogP contribution in [0.1, 0.15) is 27.9 Å². The molecule has 0 aliphatic rings. The number of primary amides is 1. The lowest BCUT2D eigenvalue weighted by atomic mass is 10.1. The van der Waals surface area contributed by atoms with Gasteiger partial charge in [0.2, 0.25) is 5.88 Å². The van der Waals surface area contributed by atoms with Crippen molar-refractivity contribution < 1.29 is 18.7 Å². The summed E-state index contributed by atoms with van der Waals surface area (Å²) in [5, 5.41) is 5.47. The van der Waals surface area contributed by atoms with E-state index in [0.29, 0.717) is 11.0 Å². The molecule has 4 N–H and O–H groups in total. The third-order valence-corrected chi connectivity index (χ3v) is 5.52. The second kappa shape index (κ2) is 10.9. The zero-order chi connectivity index (χ0) is 22.2. The Kier molecular flexibility index (Phi) is 7.96. The van der Waals surface area contributed by atoms with Crippen molar-refractivity contribution in [2.45, 2.75) is 19.4 Å². The van der Waals surface area contributed by atoms with Gasteiger partial charge >= 0.3 is 6.03 Å². The number of nitrogens with two attached hydrogens (primary N) is 1. The lowest BCUT2D eigenvalue weighted by molar-refractivity contribution is 0.0996. The van der Waals surface area contributed by atoms with Gasteiger partial charge in [-0.1, -0.05) is 52.3 Å². The first-order valence-corrected chi connectivity index (χ1v) is 11.0. The highest BCUT2D eigenvalue weighted by Gasteiger charge is 2.22. The molecule has 7 nitrogen and oxygen atoms in total. The number of ether oxygens (including phenoxy) is 1. The molecule has 0 atom stereocenters. The summed E-state index contributed by atoms with van der Waals surface area (Å²) in [4.78, 5) is 24.1. The van der Waals surface area contributed by atoms with Gasteiger partial charge in [0.25, 0.3) is 5.91 Å². The van der Waals surface area contributed by atoms with E-state index in [2.05, 4.69) is 30.9 Å². The van der Waals surface area contributed by atoms with Gasteiger partial charge in [-0.05, 0) is 42.1 Å². The summed E-state index contributed by atoms with van der Waals surface area (Å²) in [6.45, 7) is 0.311. The molecule has 0 aliphatic heterocycles. The van der Waals surface area contributed by atoms with E-state index in [1.54, 1.807) is 12.1 Å². The summed E-state index contributed by atoms with van der Waals surface area (Å²) in [5.41, 5.74) is 6.86. The van der Waals surface area contributed by atoms with Crippen LogP contribution in [0.4, 0.5) is 14.2 Å². The van der Waals surface area contributed by atoms with E-state index in [4.69, 9.17) is 10.5 Å². The Labute approximate surface area is 191 Å². The molecule has 10 heteroatoms. The fourth-order valence-corrected chi connectivity index (χ4v) is 3.82. The number of rotatable bonds is 9. The van der Waals surface area contributed by atoms with Crippen LogP contribution in [-0.4, -0.2) is 22.9 Å². The molecule has 1 aromatic heterocycles. The van der Waals surface area contributed by atoms with Crippen molar-refractivity contribution in [3.63, 3.8) is 0 Å². The van der Waals surface area contributed by atoms with Gasteiger partial charge < -0.3 is 15.8 Å². The molecule has 0 fully saturated rings. The molecule has 0 radical (unpaired) electrons. The molecule has 3 aromatic rings. The van der Waals surface area contributed by atoms with Crippen LogP contribution in [0.3, 0.4) is 0 Å². The van der Waals surface area contributed by atoms with Crippen LogP contribution in [0.25, 0.3) is 0 Å². The van der Waals surface area contributed by atoms with Crippen LogP contribution >= 0.6 is 27.5 Å². The van der Waals surface area contributed by atoms with Gasteiger partial charge in [-0.15, -0.1) is 0 Å². The summed E-state index contributed by atoms with van der Waals surface area (Å²) in [6, 6.07) is 14.0. The van der Waals surface area contributed by atoms with E-state index in [9.17, 15) is 14.0 Å². The third-order valence-electron chi connectivity index (χ3n) is 4.28. The number of nitrogens with one attached hydrogen (secondary N) is 2. The number of aryl methyl sites for hydroxylation is 1. The normalized spacial score (nSPS) is 10.5. The lowest BCUT2D eigenvalue weighted by Crippen LogP contribution is -2.30. The molecule has 0 bridgehead atoms. The largest absolute Gasteiger partial charge is 0.471 e. The highest BCUT2D eigenvalue weighted by atomic mass is 79.9. The van der Waals surface area contributed by atoms with E-state index in [0.717, 1.165) is 24.4 Å². The number of hydrogen-bond acceptors (Lipinski definition) is 5. The standard InChI is InChI=1S/C21H20BrFN4O3S/c22-15-9-8-14(16(23)11-15)12-30-19-17(18(24)28)20(31-27-19)26-21(29)25-10-4-7-13-5-2-1-3-6-13/h1-3,5-6,8-9,11H,4,7,10,12H2,(H2,24,28)(H2,25,26,29). The zero-order valence-electron chi connectivity index (χ0n) is 16.4. The van der Waals surface area contributed by atoms with Crippen LogP contribution in [-0.2, 0) is 13.0 Å². The minimum Gasteiger partial charge on any atom is -0.471 e. The minimum atomic E-state index is -0.806. The van der Waals surface area contributed by atoms with Gasteiger partial charge in [-0.3, -0.25) is 10.1 Å². The highest BCUT2D eigenvalue weighted by Crippen LogP contribution is 2.31. The quantitative estimate of drug-likeness (QED) is 0.372. The summed E-state index contributed by atoms with van der Waals surface area (Å²) in [5.74, 6) is -1.32. The second-order valence-corrected chi connectivity index (χ2v) is 8.24. The van der Waals surface area contributed by atoms with E-state index in [1.807, 2.05) is 30.3 Å². The Morgan fingerprint density at radius 3 is 2.68 bits per heavy atom. The molecule has 1 heterocycles. The molecule has 3 amide bonds. The molecule has 3 rings (SSSR count). The first kappa shape index (κ1) is 22.7. The van der Waals surface area contributed by atoms with E-state index in [1.165, 1.54) is 11.6 Å². The van der Waals surface area contributed by atoms with Gasteiger partial charge in [-0.2, -0.15) is 4.37 Å². The fourth-order valence-electron chi connectivity index (χ4n) is 2.75. The first-order valence-electron chi connectivity index (χ1n) is 9.39. The first-order chi connectivity index (χ1) is 14.9. The number of urea groups is 1. The van der Waals surface area contributed by atoms with Crippen molar-refractivity contribution in [2.75, 3.05) is 11.9 Å². The molecule has 162 valence electrons. The van der Waals surface area contributed by atoms with Crippen molar-refractivity contribution in [3.8, 4) is 5.88 Å². The van der Waals surface area contributed by atoms with Crippen LogP contribution < -0.4 is 21.1 Å². The molecule has 0 aliphatic carbocycles. The third kappa shape index (κ3) is 6.50. The molecule has 0 saturated heterocycles. The Hall–Kier alpha value is -2.98. The highest BCUT2D eigenvalue weighted by molar-refractivity contribution is 9.10. The second-order valence-electron chi connectivity index (χ2n) is 6.55. The molecule has 0 saturated carbocycles. The lowest BCUT2D eigenvalue weighted by Gasteiger charge is -2.08. The van der Waals surface area contributed by atoms with Crippen molar-refractivity contribution >= 4 is 44.4 Å². The minimum absolute atomic E-state index is 0.0537. The van der Waals surface area contributed by atoms with E-state index < -0.39 is 17.8 Å². The predicted molar refractivity (Wildman–Crippen MR) is 121 cm³/mol. The van der Waals surface area contributed by atoms with Gasteiger partial charge in [0.05, 0.1) is 0 Å². The maximum absolute atomic E-state index is 14.0. The van der Waals surface area contributed by atoms with Gasteiger partial charge in [0, 0.05) is 16.6 Å². The van der Waals surface area contributed by atoms with Gasteiger partial charge in [-0.25, -0.2) is 9.18 Å². The number of nitrogens with zero attached hydrogens (tertiary/aromatic N) is 1.